The Morgan fingerprint density at radius 2 is 2.19 bits per heavy atom. The lowest BCUT2D eigenvalue weighted by molar-refractivity contribution is 0.118. The molecule has 0 unspecified atom stereocenters. The van der Waals surface area contributed by atoms with Gasteiger partial charge in [0.05, 0.1) is 6.54 Å². The van der Waals surface area contributed by atoms with Crippen molar-refractivity contribution in [3.05, 3.63) is 29.6 Å². The molecule has 1 aromatic rings. The second-order valence-electron chi connectivity index (χ2n) is 3.93. The second kappa shape index (κ2) is 4.35. The number of rotatable bonds is 2. The molecule has 88 valence electrons. The molecule has 0 saturated carbocycles. The molecule has 0 aromatic heterocycles. The number of nitrogens with zero attached hydrogens (tertiary/aromatic N) is 1. The molecule has 0 bridgehead atoms. The molecule has 1 saturated heterocycles. The summed E-state index contributed by atoms with van der Waals surface area (Å²) in [5.74, 6) is -0.392. The van der Waals surface area contributed by atoms with Gasteiger partial charge in [-0.1, -0.05) is 6.07 Å². The highest BCUT2D eigenvalue weighted by molar-refractivity contribution is 5.55. The zero-order chi connectivity index (χ0) is 11.7. The van der Waals surface area contributed by atoms with E-state index in [9.17, 15) is 13.9 Å². The maximum Gasteiger partial charge on any atom is 0.145 e. The van der Waals surface area contributed by atoms with Crippen LogP contribution >= 0.6 is 0 Å². The van der Waals surface area contributed by atoms with Crippen LogP contribution in [0.5, 0.6) is 0 Å². The minimum atomic E-state index is -1.28. The molecule has 0 spiro atoms. The average Bonchev–Trinajstić information content (AvgIpc) is 2.59. The normalized spacial score (nSPS) is 25.1. The third-order valence-electron chi connectivity index (χ3n) is 2.86. The average molecular weight is 228 g/mol. The smallest absolute Gasteiger partial charge is 0.145 e. The maximum absolute atomic E-state index is 13.4. The Balaban J connectivity index is 2.31. The number of β-amino-alcohol motifs (C(OH)–C–C–N with tert-alkyl or cyclic N) is 1. The summed E-state index contributed by atoms with van der Waals surface area (Å²) in [5.41, 5.74) is 6.40. The molecule has 5 heteroatoms. The van der Waals surface area contributed by atoms with Gasteiger partial charge in [0.15, 0.2) is 0 Å². The van der Waals surface area contributed by atoms with E-state index in [-0.39, 0.29) is 19.6 Å². The number of benzene rings is 1. The minimum absolute atomic E-state index is 0.0611. The number of anilines is 1. The first-order chi connectivity index (χ1) is 7.63. The number of hydrogen-bond acceptors (Lipinski definition) is 3. The summed E-state index contributed by atoms with van der Waals surface area (Å²) in [6.45, 7) is 0.320. The molecule has 1 heterocycles. The van der Waals surface area contributed by atoms with Crippen molar-refractivity contribution in [2.45, 2.75) is 18.8 Å². The van der Waals surface area contributed by atoms with Crippen LogP contribution in [0, 0.1) is 5.82 Å². The lowest BCUT2D eigenvalue weighted by atomic mass is 10.1. The lowest BCUT2D eigenvalue weighted by Crippen LogP contribution is -2.23. The van der Waals surface area contributed by atoms with Gasteiger partial charge >= 0.3 is 0 Å². The van der Waals surface area contributed by atoms with E-state index >= 15 is 0 Å². The standard InChI is InChI=1S/C11H14F2N2O/c12-8-2-1-3-10(7(8)4-14)15-5-9(13)11(16)6-15/h1-3,9,11,16H,4-6,14H2/t9-,11+/m0/s1. The van der Waals surface area contributed by atoms with Gasteiger partial charge in [0.1, 0.15) is 18.1 Å². The zero-order valence-corrected chi connectivity index (χ0v) is 8.74. The SMILES string of the molecule is NCc1c(F)cccc1N1C[C@@H](O)[C@@H](F)C1. The van der Waals surface area contributed by atoms with E-state index in [0.717, 1.165) is 0 Å². The third kappa shape index (κ3) is 1.88. The van der Waals surface area contributed by atoms with E-state index in [1.165, 1.54) is 6.07 Å². The number of halogens is 2. The van der Waals surface area contributed by atoms with Gasteiger partial charge in [-0.2, -0.15) is 0 Å². The van der Waals surface area contributed by atoms with E-state index in [1.807, 2.05) is 0 Å². The molecule has 0 radical (unpaired) electrons. The lowest BCUT2D eigenvalue weighted by Gasteiger charge is -2.21. The molecular weight excluding hydrogens is 214 g/mol. The molecule has 0 aliphatic carbocycles. The van der Waals surface area contributed by atoms with E-state index < -0.39 is 18.1 Å². The van der Waals surface area contributed by atoms with Crippen LogP contribution in [0.1, 0.15) is 5.56 Å². The van der Waals surface area contributed by atoms with Crippen molar-refractivity contribution in [2.24, 2.45) is 5.73 Å². The molecule has 0 amide bonds. The molecule has 1 fully saturated rings. The number of aliphatic hydroxyl groups excluding tert-OH is 1. The van der Waals surface area contributed by atoms with Gasteiger partial charge < -0.3 is 15.7 Å². The van der Waals surface area contributed by atoms with Gasteiger partial charge in [-0.25, -0.2) is 8.78 Å². The summed E-state index contributed by atoms with van der Waals surface area (Å²) in [6.07, 6.45) is -2.29. The van der Waals surface area contributed by atoms with Crippen LogP contribution in [-0.4, -0.2) is 30.5 Å². The van der Waals surface area contributed by atoms with Crippen molar-refractivity contribution in [2.75, 3.05) is 18.0 Å². The van der Waals surface area contributed by atoms with Crippen molar-refractivity contribution < 1.29 is 13.9 Å². The van der Waals surface area contributed by atoms with Gasteiger partial charge in [0, 0.05) is 24.3 Å². The predicted molar refractivity (Wildman–Crippen MR) is 57.4 cm³/mol. The van der Waals surface area contributed by atoms with Crippen molar-refractivity contribution >= 4 is 5.69 Å². The van der Waals surface area contributed by atoms with Gasteiger partial charge in [-0.15, -0.1) is 0 Å². The Bertz CT molecular complexity index is 376. The quantitative estimate of drug-likeness (QED) is 0.787. The first-order valence-corrected chi connectivity index (χ1v) is 5.18. The van der Waals surface area contributed by atoms with Gasteiger partial charge in [-0.3, -0.25) is 0 Å². The predicted octanol–water partition coefficient (Wildman–Crippen LogP) is 0.803. The molecular formula is C11H14F2N2O. The number of hydrogen-bond donors (Lipinski definition) is 2. The van der Waals surface area contributed by atoms with E-state index in [1.54, 1.807) is 17.0 Å². The van der Waals surface area contributed by atoms with Crippen LogP contribution in [0.15, 0.2) is 18.2 Å². The fourth-order valence-electron chi connectivity index (χ4n) is 1.99. The van der Waals surface area contributed by atoms with Crippen LogP contribution in [0.4, 0.5) is 14.5 Å². The molecule has 1 aliphatic heterocycles. The Labute approximate surface area is 92.5 Å². The first-order valence-electron chi connectivity index (χ1n) is 5.18. The summed E-state index contributed by atoms with van der Waals surface area (Å²) in [7, 11) is 0. The second-order valence-corrected chi connectivity index (χ2v) is 3.93. The van der Waals surface area contributed by atoms with Crippen LogP contribution in [0.2, 0.25) is 0 Å². The topological polar surface area (TPSA) is 49.5 Å². The molecule has 3 nitrogen and oxygen atoms in total. The van der Waals surface area contributed by atoms with Crippen molar-refractivity contribution in [1.29, 1.82) is 0 Å². The van der Waals surface area contributed by atoms with Crippen LogP contribution in [-0.2, 0) is 6.54 Å². The van der Waals surface area contributed by atoms with Crippen LogP contribution in [0.25, 0.3) is 0 Å². The molecule has 2 atom stereocenters. The van der Waals surface area contributed by atoms with Crippen LogP contribution in [0.3, 0.4) is 0 Å². The highest BCUT2D eigenvalue weighted by Crippen LogP contribution is 2.27. The first kappa shape index (κ1) is 11.3. The third-order valence-corrected chi connectivity index (χ3v) is 2.86. The molecule has 1 aliphatic rings. The van der Waals surface area contributed by atoms with E-state index in [0.29, 0.717) is 11.3 Å². The minimum Gasteiger partial charge on any atom is -0.388 e. The van der Waals surface area contributed by atoms with Crippen LogP contribution < -0.4 is 10.6 Å². The van der Waals surface area contributed by atoms with Gasteiger partial charge in [0.25, 0.3) is 0 Å². The number of aliphatic hydroxyl groups is 1. The summed E-state index contributed by atoms with van der Waals surface area (Å²) in [6, 6.07) is 4.57. The largest absolute Gasteiger partial charge is 0.388 e. The number of alkyl halides is 1. The van der Waals surface area contributed by atoms with Gasteiger partial charge in [0.2, 0.25) is 0 Å². The van der Waals surface area contributed by atoms with Crippen molar-refractivity contribution in [3.8, 4) is 0 Å². The van der Waals surface area contributed by atoms with Gasteiger partial charge in [-0.05, 0) is 12.1 Å². The van der Waals surface area contributed by atoms with E-state index in [2.05, 4.69) is 0 Å². The molecule has 16 heavy (non-hydrogen) atoms. The molecule has 2 rings (SSSR count). The summed E-state index contributed by atoms with van der Waals surface area (Å²) in [4.78, 5) is 1.63. The molecule has 1 aromatic carbocycles. The maximum atomic E-state index is 13.4. The Kier molecular flexibility index (Phi) is 3.07. The Morgan fingerprint density at radius 1 is 1.44 bits per heavy atom. The summed E-state index contributed by atoms with van der Waals surface area (Å²) >= 11 is 0. The summed E-state index contributed by atoms with van der Waals surface area (Å²) in [5, 5.41) is 9.32. The fourth-order valence-corrected chi connectivity index (χ4v) is 1.99. The number of nitrogens with two attached hydrogens (primary N) is 1. The van der Waals surface area contributed by atoms with Crippen molar-refractivity contribution in [3.63, 3.8) is 0 Å². The molecule has 3 N–H and O–H groups in total. The van der Waals surface area contributed by atoms with E-state index in [4.69, 9.17) is 5.73 Å². The summed E-state index contributed by atoms with van der Waals surface area (Å²) < 4.78 is 26.6. The zero-order valence-electron chi connectivity index (χ0n) is 8.74. The fraction of sp³-hybridized carbons (Fsp3) is 0.455. The highest BCUT2D eigenvalue weighted by Gasteiger charge is 2.32. The Hall–Kier alpha value is -1.20. The van der Waals surface area contributed by atoms with Crippen molar-refractivity contribution in [1.82, 2.24) is 0 Å². The Morgan fingerprint density at radius 3 is 2.75 bits per heavy atom. The highest BCUT2D eigenvalue weighted by atomic mass is 19.1. The monoisotopic (exact) mass is 228 g/mol.